The number of alkyl halides is 6. The summed E-state index contributed by atoms with van der Waals surface area (Å²) in [6.45, 7) is 0. The van der Waals surface area contributed by atoms with Crippen molar-refractivity contribution in [2.75, 3.05) is 5.32 Å². The SMILES string of the molecule is O=C(Nc1cc(C(F)(F)F)cc(C(F)(F)F)c1)[C@@H](Cc1ccccc1)NS(=O)(=O)c1ccc(Br)cc1. The zero-order chi connectivity index (χ0) is 26.7. The van der Waals surface area contributed by atoms with Crippen molar-refractivity contribution in [2.45, 2.75) is 29.7 Å². The van der Waals surface area contributed by atoms with Gasteiger partial charge in [0.15, 0.2) is 0 Å². The average molecular weight is 595 g/mol. The fourth-order valence-corrected chi connectivity index (χ4v) is 4.62. The van der Waals surface area contributed by atoms with Crippen LogP contribution in [0.2, 0.25) is 0 Å². The second-order valence-corrected chi connectivity index (χ2v) is 10.2. The maximum absolute atomic E-state index is 13.2. The van der Waals surface area contributed by atoms with Crippen LogP contribution in [0.4, 0.5) is 32.0 Å². The van der Waals surface area contributed by atoms with E-state index in [0.717, 1.165) is 0 Å². The zero-order valence-corrected chi connectivity index (χ0v) is 20.4. The largest absolute Gasteiger partial charge is 0.416 e. The number of carbonyl (C=O) groups excluding carboxylic acids is 1. The van der Waals surface area contributed by atoms with Crippen LogP contribution in [-0.2, 0) is 33.6 Å². The van der Waals surface area contributed by atoms with Gasteiger partial charge in [0.1, 0.15) is 6.04 Å². The Morgan fingerprint density at radius 1 is 0.833 bits per heavy atom. The van der Waals surface area contributed by atoms with E-state index >= 15 is 0 Å². The Labute approximate surface area is 210 Å². The van der Waals surface area contributed by atoms with Gasteiger partial charge in [-0.15, -0.1) is 0 Å². The molecule has 0 unspecified atom stereocenters. The number of anilines is 1. The van der Waals surface area contributed by atoms with Gasteiger partial charge in [-0.3, -0.25) is 4.79 Å². The number of carbonyl (C=O) groups is 1. The van der Waals surface area contributed by atoms with Crippen molar-refractivity contribution in [2.24, 2.45) is 0 Å². The molecule has 3 rings (SSSR count). The van der Waals surface area contributed by atoms with Crippen molar-refractivity contribution in [1.29, 1.82) is 0 Å². The molecule has 0 radical (unpaired) electrons. The van der Waals surface area contributed by atoms with E-state index in [9.17, 15) is 39.6 Å². The molecule has 13 heteroatoms. The van der Waals surface area contributed by atoms with Crippen LogP contribution in [0.5, 0.6) is 0 Å². The summed E-state index contributed by atoms with van der Waals surface area (Å²) in [5.74, 6) is -1.15. The minimum atomic E-state index is -5.12. The van der Waals surface area contributed by atoms with E-state index < -0.39 is 51.1 Å². The van der Waals surface area contributed by atoms with Crippen LogP contribution in [0.3, 0.4) is 0 Å². The van der Waals surface area contributed by atoms with E-state index in [2.05, 4.69) is 20.7 Å². The maximum Gasteiger partial charge on any atom is 0.416 e. The molecule has 0 aliphatic rings. The Morgan fingerprint density at radius 2 is 1.36 bits per heavy atom. The van der Waals surface area contributed by atoms with Gasteiger partial charge in [0, 0.05) is 10.2 Å². The van der Waals surface area contributed by atoms with Crippen LogP contribution in [0.15, 0.2) is 82.2 Å². The summed E-state index contributed by atoms with van der Waals surface area (Å²) in [7, 11) is -4.29. The van der Waals surface area contributed by atoms with Gasteiger partial charge in [0.25, 0.3) is 0 Å². The molecular weight excluding hydrogens is 578 g/mol. The number of benzene rings is 3. The number of rotatable bonds is 7. The fourth-order valence-electron chi connectivity index (χ4n) is 3.16. The van der Waals surface area contributed by atoms with Gasteiger partial charge in [-0.2, -0.15) is 31.1 Å². The van der Waals surface area contributed by atoms with E-state index in [1.54, 1.807) is 30.3 Å². The highest BCUT2D eigenvalue weighted by Crippen LogP contribution is 2.37. The molecule has 5 nitrogen and oxygen atoms in total. The predicted molar refractivity (Wildman–Crippen MR) is 123 cm³/mol. The number of sulfonamides is 1. The van der Waals surface area contributed by atoms with Crippen LogP contribution in [0, 0.1) is 0 Å². The van der Waals surface area contributed by atoms with Crippen LogP contribution in [-0.4, -0.2) is 20.4 Å². The quantitative estimate of drug-likeness (QED) is 0.329. The first-order valence-electron chi connectivity index (χ1n) is 10.1. The Kier molecular flexibility index (Phi) is 8.16. The summed E-state index contributed by atoms with van der Waals surface area (Å²) in [6, 6.07) is 12.5. The molecule has 0 saturated heterocycles. The van der Waals surface area contributed by atoms with Crippen molar-refractivity contribution < 1.29 is 39.6 Å². The van der Waals surface area contributed by atoms with Crippen molar-refractivity contribution in [3.8, 4) is 0 Å². The second-order valence-electron chi connectivity index (χ2n) is 7.60. The maximum atomic E-state index is 13.2. The number of amides is 1. The van der Waals surface area contributed by atoms with Gasteiger partial charge in [-0.1, -0.05) is 46.3 Å². The highest BCUT2D eigenvalue weighted by molar-refractivity contribution is 9.10. The Bertz CT molecular complexity index is 1300. The molecule has 0 bridgehead atoms. The van der Waals surface area contributed by atoms with E-state index in [4.69, 9.17) is 0 Å². The van der Waals surface area contributed by atoms with Gasteiger partial charge < -0.3 is 5.32 Å². The molecule has 0 fully saturated rings. The molecule has 0 aliphatic carbocycles. The zero-order valence-electron chi connectivity index (χ0n) is 18.0. The first kappa shape index (κ1) is 27.7. The normalized spacial score (nSPS) is 13.3. The molecule has 3 aromatic rings. The third-order valence-corrected chi connectivity index (χ3v) is 6.89. The standard InChI is InChI=1S/C23H17BrF6N2O3S/c24-17-6-8-19(9-7-17)36(34,35)32-20(10-14-4-2-1-3-5-14)21(33)31-18-12-15(22(25,26)27)11-16(13-18)23(28,29)30/h1-9,11-13,20,32H,10H2,(H,31,33)/t20-/m1/s1. The summed E-state index contributed by atoms with van der Waals surface area (Å²) in [6.07, 6.45) is -10.5. The average Bonchev–Trinajstić information content (AvgIpc) is 2.78. The Morgan fingerprint density at radius 3 is 1.86 bits per heavy atom. The first-order valence-corrected chi connectivity index (χ1v) is 12.3. The molecule has 0 heterocycles. The second kappa shape index (κ2) is 10.6. The topological polar surface area (TPSA) is 75.3 Å². The minimum absolute atomic E-state index is 0.0760. The van der Waals surface area contributed by atoms with Gasteiger partial charge >= 0.3 is 12.4 Å². The van der Waals surface area contributed by atoms with Crippen LogP contribution in [0.25, 0.3) is 0 Å². The van der Waals surface area contributed by atoms with Crippen LogP contribution < -0.4 is 10.0 Å². The van der Waals surface area contributed by atoms with E-state index in [1.807, 2.05) is 5.32 Å². The number of hydrogen-bond acceptors (Lipinski definition) is 3. The summed E-state index contributed by atoms with van der Waals surface area (Å²) in [4.78, 5) is 12.8. The predicted octanol–water partition coefficient (Wildman–Crippen LogP) is 6.02. The van der Waals surface area contributed by atoms with Crippen molar-refractivity contribution in [3.63, 3.8) is 0 Å². The summed E-state index contributed by atoms with van der Waals surface area (Å²) in [5.41, 5.74) is -3.54. The smallest absolute Gasteiger partial charge is 0.325 e. The summed E-state index contributed by atoms with van der Waals surface area (Å²) < 4.78 is 108. The molecule has 0 saturated carbocycles. The van der Waals surface area contributed by atoms with Crippen molar-refractivity contribution in [3.05, 3.63) is 94.0 Å². The third kappa shape index (κ3) is 7.31. The highest BCUT2D eigenvalue weighted by atomic mass is 79.9. The number of nitrogens with one attached hydrogen (secondary N) is 2. The summed E-state index contributed by atoms with van der Waals surface area (Å²) in [5, 5.41) is 2.00. The molecule has 2 N–H and O–H groups in total. The highest BCUT2D eigenvalue weighted by Gasteiger charge is 2.37. The van der Waals surface area contributed by atoms with Crippen LogP contribution in [0.1, 0.15) is 16.7 Å². The lowest BCUT2D eigenvalue weighted by Gasteiger charge is -2.20. The van der Waals surface area contributed by atoms with E-state index in [-0.39, 0.29) is 17.4 Å². The minimum Gasteiger partial charge on any atom is -0.325 e. The Hall–Kier alpha value is -2.90. The molecule has 36 heavy (non-hydrogen) atoms. The monoisotopic (exact) mass is 594 g/mol. The van der Waals surface area contributed by atoms with Gasteiger partial charge in [0.05, 0.1) is 16.0 Å². The van der Waals surface area contributed by atoms with Gasteiger partial charge in [-0.25, -0.2) is 8.42 Å². The molecule has 3 aromatic carbocycles. The lowest BCUT2D eigenvalue weighted by molar-refractivity contribution is -0.143. The first-order chi connectivity index (χ1) is 16.6. The molecule has 192 valence electrons. The molecule has 0 spiro atoms. The van der Waals surface area contributed by atoms with Crippen LogP contribution >= 0.6 is 15.9 Å². The number of halogens is 7. The molecule has 0 aliphatic heterocycles. The number of hydrogen-bond donors (Lipinski definition) is 2. The Balaban J connectivity index is 1.96. The molecule has 0 aromatic heterocycles. The molecule has 1 atom stereocenters. The third-order valence-electron chi connectivity index (χ3n) is 4.88. The molecular formula is C23H17BrF6N2O3S. The van der Waals surface area contributed by atoms with Gasteiger partial charge in [-0.05, 0) is 54.4 Å². The lowest BCUT2D eigenvalue weighted by atomic mass is 10.1. The van der Waals surface area contributed by atoms with E-state index in [0.29, 0.717) is 22.2 Å². The lowest BCUT2D eigenvalue weighted by Crippen LogP contribution is -2.45. The summed E-state index contributed by atoms with van der Waals surface area (Å²) >= 11 is 3.17. The molecule has 1 amide bonds. The van der Waals surface area contributed by atoms with Crippen molar-refractivity contribution in [1.82, 2.24) is 4.72 Å². The van der Waals surface area contributed by atoms with Gasteiger partial charge in [0.2, 0.25) is 15.9 Å². The van der Waals surface area contributed by atoms with Crippen molar-refractivity contribution >= 4 is 37.5 Å². The fraction of sp³-hybridized carbons (Fsp3) is 0.174. The van der Waals surface area contributed by atoms with E-state index in [1.165, 1.54) is 24.3 Å².